The summed E-state index contributed by atoms with van der Waals surface area (Å²) in [6, 6.07) is 0. The summed E-state index contributed by atoms with van der Waals surface area (Å²) in [6.45, 7) is 6.80. The van der Waals surface area contributed by atoms with Crippen molar-refractivity contribution in [2.45, 2.75) is 55.8 Å². The van der Waals surface area contributed by atoms with Crippen LogP contribution in [0.5, 0.6) is 0 Å². The molecule has 12 heavy (non-hydrogen) atoms. The van der Waals surface area contributed by atoms with E-state index in [0.29, 0.717) is 0 Å². The van der Waals surface area contributed by atoms with Crippen LogP contribution in [0.4, 0.5) is 0 Å². The average molecular weight is 227 g/mol. The summed E-state index contributed by atoms with van der Waals surface area (Å²) >= 11 is -1.75. The molecule has 0 aliphatic rings. The fourth-order valence-corrected chi connectivity index (χ4v) is 10.5. The van der Waals surface area contributed by atoms with Gasteiger partial charge in [-0.05, 0) is 0 Å². The van der Waals surface area contributed by atoms with Gasteiger partial charge in [-0.2, -0.15) is 0 Å². The van der Waals surface area contributed by atoms with Crippen molar-refractivity contribution in [2.75, 3.05) is 0 Å². The molecular formula is C11H22Ge. The predicted molar refractivity (Wildman–Crippen MR) is 59.9 cm³/mol. The Hall–Kier alpha value is 0.103. The van der Waals surface area contributed by atoms with E-state index < -0.39 is 13.3 Å². The quantitative estimate of drug-likeness (QED) is 0.477. The van der Waals surface area contributed by atoms with Gasteiger partial charge in [0, 0.05) is 0 Å². The van der Waals surface area contributed by atoms with Crippen LogP contribution in [0.2, 0.25) is 15.8 Å². The van der Waals surface area contributed by atoms with Crippen LogP contribution in [0.3, 0.4) is 0 Å². The molecule has 0 rings (SSSR count). The molecule has 0 heterocycles. The number of rotatable bonds is 6. The zero-order valence-electron chi connectivity index (χ0n) is 8.82. The fraction of sp³-hybridized carbons (Fsp3) is 0.818. The average Bonchev–Trinajstić information content (AvgIpc) is 2.06. The molecule has 0 N–H and O–H groups in total. The second-order valence-electron chi connectivity index (χ2n) is 3.67. The molecule has 0 nitrogen and oxygen atoms in total. The third-order valence-electron chi connectivity index (χ3n) is 2.49. The first-order chi connectivity index (χ1) is 5.74. The monoisotopic (exact) mass is 228 g/mol. The molecule has 0 spiro atoms. The van der Waals surface area contributed by atoms with Crippen LogP contribution in [0, 0.1) is 11.2 Å². The molecule has 0 aliphatic heterocycles. The summed E-state index contributed by atoms with van der Waals surface area (Å²) in [6.07, 6.45) is 9.59. The Morgan fingerprint density at radius 1 is 0.917 bits per heavy atom. The van der Waals surface area contributed by atoms with E-state index in [1.165, 1.54) is 35.0 Å². The van der Waals surface area contributed by atoms with Gasteiger partial charge >= 0.3 is 80.2 Å². The number of hydrogen-bond acceptors (Lipinski definition) is 0. The van der Waals surface area contributed by atoms with Crippen molar-refractivity contribution in [3.05, 3.63) is 0 Å². The molecule has 0 saturated heterocycles. The van der Waals surface area contributed by atoms with Crippen molar-refractivity contribution in [1.29, 1.82) is 0 Å². The third kappa shape index (κ3) is 3.67. The van der Waals surface area contributed by atoms with Crippen molar-refractivity contribution in [1.82, 2.24) is 0 Å². The maximum atomic E-state index is 5.70. The van der Waals surface area contributed by atoms with E-state index in [2.05, 4.69) is 25.5 Å². The molecule has 0 aliphatic carbocycles. The first-order valence-corrected chi connectivity index (χ1v) is 10.7. The Morgan fingerprint density at radius 3 is 1.42 bits per heavy atom. The molecular weight excluding hydrogens is 205 g/mol. The van der Waals surface area contributed by atoms with Gasteiger partial charge in [0.15, 0.2) is 0 Å². The zero-order chi connectivity index (χ0) is 9.45. The van der Waals surface area contributed by atoms with Crippen molar-refractivity contribution in [2.24, 2.45) is 0 Å². The second kappa shape index (κ2) is 6.60. The van der Waals surface area contributed by atoms with Gasteiger partial charge in [0.2, 0.25) is 0 Å². The number of hydrogen-bond donors (Lipinski definition) is 0. The van der Waals surface area contributed by atoms with Gasteiger partial charge < -0.3 is 0 Å². The Labute approximate surface area is 80.5 Å². The van der Waals surface area contributed by atoms with Gasteiger partial charge in [-0.3, -0.25) is 0 Å². The van der Waals surface area contributed by atoms with Crippen LogP contribution < -0.4 is 0 Å². The fourth-order valence-electron chi connectivity index (χ4n) is 2.03. The molecule has 0 aromatic heterocycles. The van der Waals surface area contributed by atoms with E-state index in [4.69, 9.17) is 6.42 Å². The molecule has 0 aromatic rings. The molecule has 1 heteroatoms. The SMILES string of the molecule is C#[C][Ge]([CH2]CC)([CH2]CC)[CH2]CC. The standard InChI is InChI=1S/C11H22Ge/c1-5-9-12(8-4,10-6-2)11-7-3/h4H,5-7,9-11H2,1-3H3. The predicted octanol–water partition coefficient (Wildman–Crippen LogP) is 3.84. The van der Waals surface area contributed by atoms with Crippen LogP contribution in [-0.4, -0.2) is 13.3 Å². The van der Waals surface area contributed by atoms with Crippen LogP contribution in [0.15, 0.2) is 0 Å². The second-order valence-corrected chi connectivity index (χ2v) is 12.8. The van der Waals surface area contributed by atoms with Crippen molar-refractivity contribution in [3.8, 4) is 11.2 Å². The minimum atomic E-state index is -1.75. The Morgan fingerprint density at radius 2 is 1.25 bits per heavy atom. The summed E-state index contributed by atoms with van der Waals surface area (Å²) in [5.41, 5.74) is 0. The molecule has 0 fully saturated rings. The molecule has 0 unspecified atom stereocenters. The van der Waals surface area contributed by atoms with Gasteiger partial charge in [0.1, 0.15) is 0 Å². The normalized spacial score (nSPS) is 11.2. The molecule has 0 atom stereocenters. The molecule has 0 aromatic carbocycles. The minimum absolute atomic E-state index is 1.30. The van der Waals surface area contributed by atoms with Crippen molar-refractivity contribution in [3.63, 3.8) is 0 Å². The molecule has 70 valence electrons. The van der Waals surface area contributed by atoms with E-state index >= 15 is 0 Å². The molecule has 0 bridgehead atoms. The summed E-state index contributed by atoms with van der Waals surface area (Å²) in [5.74, 6) is 0. The molecule has 0 amide bonds. The summed E-state index contributed by atoms with van der Waals surface area (Å²) in [5, 5.41) is 4.16. The Bertz CT molecular complexity index is 127. The van der Waals surface area contributed by atoms with Crippen molar-refractivity contribution < 1.29 is 0 Å². The van der Waals surface area contributed by atoms with Crippen LogP contribution in [0.1, 0.15) is 40.0 Å². The van der Waals surface area contributed by atoms with Gasteiger partial charge in [-0.25, -0.2) is 0 Å². The van der Waals surface area contributed by atoms with E-state index in [0.717, 1.165) is 0 Å². The summed E-state index contributed by atoms with van der Waals surface area (Å²) < 4.78 is 3.21. The maximum absolute atomic E-state index is 5.70. The molecule has 0 saturated carbocycles. The van der Waals surface area contributed by atoms with Gasteiger partial charge in [-0.15, -0.1) is 0 Å². The van der Waals surface area contributed by atoms with Crippen LogP contribution >= 0.6 is 0 Å². The van der Waals surface area contributed by atoms with Crippen LogP contribution in [0.25, 0.3) is 0 Å². The van der Waals surface area contributed by atoms with Gasteiger partial charge in [0.05, 0.1) is 0 Å². The summed E-state index contributed by atoms with van der Waals surface area (Å²) in [7, 11) is 0. The first-order valence-electron chi connectivity index (χ1n) is 5.22. The van der Waals surface area contributed by atoms with E-state index in [1.54, 1.807) is 0 Å². The zero-order valence-corrected chi connectivity index (χ0v) is 10.9. The Kier molecular flexibility index (Phi) is 6.66. The third-order valence-corrected chi connectivity index (χ3v) is 12.9. The molecule has 0 radical (unpaired) electrons. The van der Waals surface area contributed by atoms with Crippen LogP contribution in [-0.2, 0) is 0 Å². The van der Waals surface area contributed by atoms with Gasteiger partial charge in [-0.1, -0.05) is 0 Å². The van der Waals surface area contributed by atoms with E-state index in [-0.39, 0.29) is 0 Å². The first kappa shape index (κ1) is 12.1. The van der Waals surface area contributed by atoms with E-state index in [1.807, 2.05) is 0 Å². The topological polar surface area (TPSA) is 0 Å². The van der Waals surface area contributed by atoms with Gasteiger partial charge in [0.25, 0.3) is 0 Å². The van der Waals surface area contributed by atoms with E-state index in [9.17, 15) is 0 Å². The Balaban J connectivity index is 4.19. The van der Waals surface area contributed by atoms with Crippen molar-refractivity contribution >= 4 is 13.3 Å². The summed E-state index contributed by atoms with van der Waals surface area (Å²) in [4.78, 5) is 0. The number of terminal acetylenes is 1.